The molecule has 0 unspecified atom stereocenters. The third kappa shape index (κ3) is 4.16. The van der Waals surface area contributed by atoms with Crippen LogP contribution < -0.4 is 5.32 Å². The van der Waals surface area contributed by atoms with Crippen LogP contribution in [-0.4, -0.2) is 46.0 Å². The zero-order valence-corrected chi connectivity index (χ0v) is 17.1. The molecule has 8 nitrogen and oxygen atoms in total. The van der Waals surface area contributed by atoms with Gasteiger partial charge in [0.05, 0.1) is 29.0 Å². The first-order chi connectivity index (χ1) is 14.5. The summed E-state index contributed by atoms with van der Waals surface area (Å²) in [5.74, 6) is 0.100. The van der Waals surface area contributed by atoms with Crippen molar-refractivity contribution in [3.63, 3.8) is 0 Å². The van der Waals surface area contributed by atoms with Gasteiger partial charge in [0.25, 0.3) is 5.91 Å². The molecule has 0 radical (unpaired) electrons. The third-order valence-electron chi connectivity index (χ3n) is 4.98. The van der Waals surface area contributed by atoms with E-state index in [1.54, 1.807) is 37.6 Å². The van der Waals surface area contributed by atoms with E-state index in [4.69, 9.17) is 4.74 Å². The van der Waals surface area contributed by atoms with E-state index in [1.165, 1.54) is 10.9 Å². The molecule has 2 N–H and O–H groups in total. The maximum atomic E-state index is 12.1. The van der Waals surface area contributed by atoms with Gasteiger partial charge < -0.3 is 15.2 Å². The molecule has 154 valence electrons. The highest BCUT2D eigenvalue weighted by molar-refractivity contribution is 5.93. The van der Waals surface area contributed by atoms with Gasteiger partial charge in [0.15, 0.2) is 5.82 Å². The number of methoxy groups -OCH3 is 1. The van der Waals surface area contributed by atoms with Crippen molar-refractivity contribution in [2.75, 3.05) is 20.3 Å². The number of amides is 1. The van der Waals surface area contributed by atoms with E-state index in [2.05, 4.69) is 21.5 Å². The molecule has 0 aliphatic carbocycles. The molecule has 2 heterocycles. The van der Waals surface area contributed by atoms with E-state index in [1.807, 2.05) is 13.8 Å². The van der Waals surface area contributed by atoms with Gasteiger partial charge in [-0.2, -0.15) is 15.0 Å². The lowest BCUT2D eigenvalue weighted by atomic mass is 9.95. The molecule has 3 aromatic rings. The van der Waals surface area contributed by atoms with Crippen LogP contribution in [0.5, 0.6) is 5.88 Å². The SMILES string of the molecule is COCCCNC(=O)c1ccc(-n2ncc(-c3ccc(C#N)c(C)c3C)c2O)nc1. The summed E-state index contributed by atoms with van der Waals surface area (Å²) in [6.45, 7) is 4.87. The number of pyridine rings is 1. The zero-order chi connectivity index (χ0) is 21.7. The predicted molar refractivity (Wildman–Crippen MR) is 111 cm³/mol. The second kappa shape index (κ2) is 9.20. The lowest BCUT2D eigenvalue weighted by molar-refractivity contribution is 0.0948. The average Bonchev–Trinajstić information content (AvgIpc) is 3.14. The van der Waals surface area contributed by atoms with Crippen molar-refractivity contribution in [3.8, 4) is 28.9 Å². The molecular formula is C22H23N5O3. The number of nitriles is 1. The Bertz CT molecular complexity index is 1100. The van der Waals surface area contributed by atoms with E-state index in [9.17, 15) is 15.2 Å². The summed E-state index contributed by atoms with van der Waals surface area (Å²) in [7, 11) is 1.62. The molecule has 0 atom stereocenters. The Labute approximate surface area is 174 Å². The second-order valence-corrected chi connectivity index (χ2v) is 6.82. The fraction of sp³-hybridized carbons (Fsp3) is 0.273. The van der Waals surface area contributed by atoms with Crippen LogP contribution in [0.1, 0.15) is 33.5 Å². The minimum atomic E-state index is -0.223. The van der Waals surface area contributed by atoms with Crippen LogP contribution in [0.2, 0.25) is 0 Å². The molecule has 2 aromatic heterocycles. The van der Waals surface area contributed by atoms with Gasteiger partial charge in [0.2, 0.25) is 5.88 Å². The normalized spacial score (nSPS) is 10.6. The van der Waals surface area contributed by atoms with Gasteiger partial charge in [0, 0.05) is 26.5 Å². The summed E-state index contributed by atoms with van der Waals surface area (Å²) >= 11 is 0. The van der Waals surface area contributed by atoms with Crippen molar-refractivity contribution >= 4 is 5.91 Å². The van der Waals surface area contributed by atoms with E-state index < -0.39 is 0 Å². The molecule has 0 spiro atoms. The molecular weight excluding hydrogens is 382 g/mol. The maximum absolute atomic E-state index is 12.1. The van der Waals surface area contributed by atoms with E-state index >= 15 is 0 Å². The van der Waals surface area contributed by atoms with Gasteiger partial charge >= 0.3 is 0 Å². The van der Waals surface area contributed by atoms with Crippen LogP contribution in [0.25, 0.3) is 16.9 Å². The third-order valence-corrected chi connectivity index (χ3v) is 4.98. The van der Waals surface area contributed by atoms with E-state index in [0.29, 0.717) is 35.7 Å². The van der Waals surface area contributed by atoms with Crippen LogP contribution in [-0.2, 0) is 4.74 Å². The van der Waals surface area contributed by atoms with Gasteiger partial charge in [-0.15, -0.1) is 0 Å². The Morgan fingerprint density at radius 2 is 2.00 bits per heavy atom. The quantitative estimate of drug-likeness (QED) is 0.585. The number of nitrogens with zero attached hydrogens (tertiary/aromatic N) is 4. The van der Waals surface area contributed by atoms with E-state index in [0.717, 1.165) is 23.1 Å². The summed E-state index contributed by atoms with van der Waals surface area (Å²) in [5, 5.41) is 27.0. The second-order valence-electron chi connectivity index (χ2n) is 6.82. The fourth-order valence-corrected chi connectivity index (χ4v) is 3.10. The minimum Gasteiger partial charge on any atom is -0.493 e. The lowest BCUT2D eigenvalue weighted by Gasteiger charge is -2.10. The topological polar surface area (TPSA) is 113 Å². The van der Waals surface area contributed by atoms with Crippen LogP contribution in [0.3, 0.4) is 0 Å². The molecule has 1 amide bonds. The first kappa shape index (κ1) is 21.0. The van der Waals surface area contributed by atoms with Crippen LogP contribution in [0.4, 0.5) is 0 Å². The van der Waals surface area contributed by atoms with E-state index in [-0.39, 0.29) is 11.8 Å². The Morgan fingerprint density at radius 3 is 2.67 bits per heavy atom. The number of hydrogen-bond donors (Lipinski definition) is 2. The van der Waals surface area contributed by atoms with Crippen molar-refractivity contribution < 1.29 is 14.6 Å². The first-order valence-electron chi connectivity index (χ1n) is 9.49. The number of benzene rings is 1. The number of carbonyl (C=O) groups excluding carboxylic acids is 1. The van der Waals surface area contributed by atoms with Gasteiger partial charge in [0.1, 0.15) is 0 Å². The minimum absolute atomic E-state index is 0.0634. The van der Waals surface area contributed by atoms with Crippen molar-refractivity contribution in [3.05, 3.63) is 58.9 Å². The smallest absolute Gasteiger partial charge is 0.252 e. The van der Waals surface area contributed by atoms with Crippen molar-refractivity contribution in [1.82, 2.24) is 20.1 Å². The predicted octanol–water partition coefficient (Wildman–Crippen LogP) is 2.89. The van der Waals surface area contributed by atoms with Crippen molar-refractivity contribution in [2.45, 2.75) is 20.3 Å². The highest BCUT2D eigenvalue weighted by atomic mass is 16.5. The highest BCUT2D eigenvalue weighted by Crippen LogP contribution is 2.34. The highest BCUT2D eigenvalue weighted by Gasteiger charge is 2.17. The zero-order valence-electron chi connectivity index (χ0n) is 17.1. The molecule has 3 rings (SSSR count). The number of hydrogen-bond acceptors (Lipinski definition) is 6. The van der Waals surface area contributed by atoms with Crippen LogP contribution >= 0.6 is 0 Å². The van der Waals surface area contributed by atoms with Crippen LogP contribution in [0.15, 0.2) is 36.7 Å². The summed E-state index contributed by atoms with van der Waals surface area (Å²) in [5.41, 5.74) is 4.12. The standard InChI is InChI=1S/C22H23N5O3/c1-14-15(2)18(7-5-16(14)11-23)19-13-26-27(22(19)29)20-8-6-17(12-25-20)21(28)24-9-4-10-30-3/h5-8,12-13,29H,4,9-10H2,1-3H3,(H,24,28). The Balaban J connectivity index is 1.82. The summed E-state index contributed by atoms with van der Waals surface area (Å²) in [6, 6.07) is 8.94. The molecule has 1 aromatic carbocycles. The largest absolute Gasteiger partial charge is 0.493 e. The molecule has 0 aliphatic heterocycles. The molecule has 0 aliphatic rings. The monoisotopic (exact) mass is 405 g/mol. The lowest BCUT2D eigenvalue weighted by Crippen LogP contribution is -2.25. The van der Waals surface area contributed by atoms with Crippen molar-refractivity contribution in [2.24, 2.45) is 0 Å². The molecule has 8 heteroatoms. The summed E-state index contributed by atoms with van der Waals surface area (Å²) < 4.78 is 6.26. The van der Waals surface area contributed by atoms with Crippen molar-refractivity contribution in [1.29, 1.82) is 5.26 Å². The number of aromatic hydroxyl groups is 1. The average molecular weight is 405 g/mol. The number of nitrogens with one attached hydrogen (secondary N) is 1. The molecule has 0 saturated carbocycles. The number of ether oxygens (including phenoxy) is 1. The molecule has 0 bridgehead atoms. The molecule has 0 fully saturated rings. The Morgan fingerprint density at radius 1 is 1.20 bits per heavy atom. The maximum Gasteiger partial charge on any atom is 0.252 e. The molecule has 0 saturated heterocycles. The number of rotatable bonds is 7. The van der Waals surface area contributed by atoms with Gasteiger partial charge in [-0.1, -0.05) is 6.07 Å². The van der Waals surface area contributed by atoms with Gasteiger partial charge in [-0.25, -0.2) is 4.98 Å². The molecule has 30 heavy (non-hydrogen) atoms. The summed E-state index contributed by atoms with van der Waals surface area (Å²) in [4.78, 5) is 16.4. The van der Waals surface area contributed by atoms with Gasteiger partial charge in [-0.3, -0.25) is 4.79 Å². The first-order valence-corrected chi connectivity index (χ1v) is 9.49. The number of carbonyl (C=O) groups is 1. The number of aromatic nitrogens is 3. The Kier molecular flexibility index (Phi) is 6.45. The van der Waals surface area contributed by atoms with Gasteiger partial charge in [-0.05, 0) is 55.2 Å². The summed E-state index contributed by atoms with van der Waals surface area (Å²) in [6.07, 6.45) is 3.73. The Hall–Kier alpha value is -3.70. The van der Waals surface area contributed by atoms with Crippen LogP contribution in [0, 0.1) is 25.2 Å². The fourth-order valence-electron chi connectivity index (χ4n) is 3.10.